The fourth-order valence-corrected chi connectivity index (χ4v) is 5.47. The number of hydrogen-bond acceptors (Lipinski definition) is 7. The standard InChI is InChI=1S/C24H27N5O4/c1-24(2)32-19-14(11-31-15-5-4-13-10-28(3)23(30)17(13)9-15)8-18(20(19)33-24)29-7-6-16-21(25)26-12-27-22(16)29/h4-7,9,12,14,18-20H,8,10-11H2,1-3H3,(H2,25,26,27)/t14-,18-,19-,20+/m1/s1. The zero-order valence-electron chi connectivity index (χ0n) is 18.9. The quantitative estimate of drug-likeness (QED) is 0.653. The Morgan fingerprint density at radius 2 is 2.03 bits per heavy atom. The Morgan fingerprint density at radius 1 is 1.21 bits per heavy atom. The number of nitrogens with zero attached hydrogens (tertiary/aromatic N) is 4. The molecule has 9 nitrogen and oxygen atoms in total. The predicted octanol–water partition coefficient (Wildman–Crippen LogP) is 2.76. The van der Waals surface area contributed by atoms with E-state index < -0.39 is 5.79 Å². The molecule has 1 saturated heterocycles. The van der Waals surface area contributed by atoms with Crippen molar-refractivity contribution in [3.8, 4) is 5.75 Å². The van der Waals surface area contributed by atoms with E-state index in [0.29, 0.717) is 24.7 Å². The molecule has 33 heavy (non-hydrogen) atoms. The third kappa shape index (κ3) is 3.26. The molecule has 3 aliphatic rings. The Balaban J connectivity index is 1.26. The van der Waals surface area contributed by atoms with Crippen LogP contribution in [0.4, 0.5) is 5.82 Å². The number of carbonyl (C=O) groups excluding carboxylic acids is 1. The summed E-state index contributed by atoms with van der Waals surface area (Å²) in [7, 11) is 1.81. The predicted molar refractivity (Wildman–Crippen MR) is 121 cm³/mol. The van der Waals surface area contributed by atoms with Gasteiger partial charge in [-0.3, -0.25) is 4.79 Å². The molecule has 172 valence electrons. The molecule has 1 amide bonds. The molecule has 0 spiro atoms. The van der Waals surface area contributed by atoms with Crippen molar-refractivity contribution in [1.82, 2.24) is 19.4 Å². The lowest BCUT2D eigenvalue weighted by Gasteiger charge is -2.24. The molecule has 0 radical (unpaired) electrons. The number of benzene rings is 1. The molecule has 2 aromatic heterocycles. The first-order valence-corrected chi connectivity index (χ1v) is 11.2. The van der Waals surface area contributed by atoms with Gasteiger partial charge in [0.15, 0.2) is 5.79 Å². The SMILES string of the molecule is CN1Cc2ccc(OC[C@H]3C[C@@H](n4ccc5c(N)ncnc54)[C@@H]4OC(C)(C)O[C@H]34)cc2C1=O. The number of anilines is 1. The summed E-state index contributed by atoms with van der Waals surface area (Å²) in [6, 6.07) is 7.74. The molecule has 2 fully saturated rings. The zero-order valence-corrected chi connectivity index (χ0v) is 18.9. The first kappa shape index (κ1) is 20.4. The molecular formula is C24H27N5O4. The van der Waals surface area contributed by atoms with Gasteiger partial charge in [-0.2, -0.15) is 0 Å². The minimum Gasteiger partial charge on any atom is -0.493 e. The van der Waals surface area contributed by atoms with Gasteiger partial charge in [0.05, 0.1) is 24.1 Å². The van der Waals surface area contributed by atoms with Crippen molar-refractivity contribution in [2.24, 2.45) is 5.92 Å². The van der Waals surface area contributed by atoms with Crippen molar-refractivity contribution in [2.45, 2.75) is 50.8 Å². The van der Waals surface area contributed by atoms with Gasteiger partial charge >= 0.3 is 0 Å². The molecule has 0 unspecified atom stereocenters. The summed E-state index contributed by atoms with van der Waals surface area (Å²) in [6.45, 7) is 4.99. The Labute approximate surface area is 191 Å². The van der Waals surface area contributed by atoms with Crippen LogP contribution >= 0.6 is 0 Å². The van der Waals surface area contributed by atoms with Gasteiger partial charge in [-0.25, -0.2) is 9.97 Å². The van der Waals surface area contributed by atoms with E-state index in [9.17, 15) is 4.79 Å². The third-order valence-corrected chi connectivity index (χ3v) is 6.98. The van der Waals surface area contributed by atoms with Crippen LogP contribution in [0, 0.1) is 5.92 Å². The van der Waals surface area contributed by atoms with Gasteiger partial charge in [-0.05, 0) is 44.0 Å². The van der Waals surface area contributed by atoms with E-state index in [-0.39, 0.29) is 30.1 Å². The van der Waals surface area contributed by atoms with Crippen LogP contribution < -0.4 is 10.5 Å². The van der Waals surface area contributed by atoms with Gasteiger partial charge in [-0.1, -0.05) is 6.07 Å². The average Bonchev–Trinajstić information content (AvgIpc) is 3.49. The van der Waals surface area contributed by atoms with Gasteiger partial charge in [0.25, 0.3) is 5.91 Å². The average molecular weight is 450 g/mol. The van der Waals surface area contributed by atoms with E-state index in [4.69, 9.17) is 19.9 Å². The minimum atomic E-state index is -0.673. The molecule has 3 aromatic rings. The van der Waals surface area contributed by atoms with Crippen LogP contribution in [-0.4, -0.2) is 57.0 Å². The number of amides is 1. The molecule has 2 aliphatic heterocycles. The van der Waals surface area contributed by atoms with Crippen molar-refractivity contribution in [3.63, 3.8) is 0 Å². The highest BCUT2D eigenvalue weighted by atomic mass is 16.8. The molecule has 1 aromatic carbocycles. The monoisotopic (exact) mass is 449 g/mol. The Kier molecular flexibility index (Phi) is 4.44. The maximum absolute atomic E-state index is 12.3. The topological polar surface area (TPSA) is 105 Å². The molecule has 4 atom stereocenters. The number of nitrogens with two attached hydrogens (primary N) is 1. The van der Waals surface area contributed by atoms with Crippen molar-refractivity contribution >= 4 is 22.8 Å². The fourth-order valence-electron chi connectivity index (χ4n) is 5.47. The summed E-state index contributed by atoms with van der Waals surface area (Å²) in [4.78, 5) is 22.6. The first-order valence-electron chi connectivity index (χ1n) is 11.2. The van der Waals surface area contributed by atoms with E-state index in [1.54, 1.807) is 4.90 Å². The summed E-state index contributed by atoms with van der Waals surface area (Å²) in [6.07, 6.45) is 4.06. The van der Waals surface area contributed by atoms with Crippen molar-refractivity contribution in [2.75, 3.05) is 19.4 Å². The highest BCUT2D eigenvalue weighted by Crippen LogP contribution is 2.48. The molecule has 2 N–H and O–H groups in total. The highest BCUT2D eigenvalue weighted by Gasteiger charge is 2.55. The molecule has 6 rings (SSSR count). The molecule has 1 saturated carbocycles. The number of rotatable bonds is 4. The summed E-state index contributed by atoms with van der Waals surface area (Å²) in [5.41, 5.74) is 8.59. The second-order valence-electron chi connectivity index (χ2n) is 9.64. The van der Waals surface area contributed by atoms with Crippen LogP contribution in [0.15, 0.2) is 36.8 Å². The normalized spacial score (nSPS) is 27.8. The summed E-state index contributed by atoms with van der Waals surface area (Å²) in [5.74, 6) is 0.640. The van der Waals surface area contributed by atoms with Gasteiger partial charge in [-0.15, -0.1) is 0 Å². The van der Waals surface area contributed by atoms with E-state index in [2.05, 4.69) is 14.5 Å². The largest absolute Gasteiger partial charge is 0.493 e. The Hall–Kier alpha value is -3.17. The van der Waals surface area contributed by atoms with Crippen LogP contribution in [0.5, 0.6) is 5.75 Å². The molecular weight excluding hydrogens is 422 g/mol. The molecule has 0 bridgehead atoms. The number of nitrogen functional groups attached to an aromatic ring is 1. The van der Waals surface area contributed by atoms with Gasteiger partial charge in [0.2, 0.25) is 0 Å². The van der Waals surface area contributed by atoms with Crippen molar-refractivity contribution in [1.29, 1.82) is 0 Å². The van der Waals surface area contributed by atoms with Crippen LogP contribution in [-0.2, 0) is 16.0 Å². The maximum Gasteiger partial charge on any atom is 0.254 e. The second-order valence-corrected chi connectivity index (χ2v) is 9.64. The first-order chi connectivity index (χ1) is 15.8. The van der Waals surface area contributed by atoms with E-state index >= 15 is 0 Å². The number of ether oxygens (including phenoxy) is 3. The van der Waals surface area contributed by atoms with Crippen LogP contribution in [0.3, 0.4) is 0 Å². The highest BCUT2D eigenvalue weighted by molar-refractivity contribution is 5.98. The number of hydrogen-bond donors (Lipinski definition) is 1. The second kappa shape index (κ2) is 7.16. The third-order valence-electron chi connectivity index (χ3n) is 6.98. The summed E-state index contributed by atoms with van der Waals surface area (Å²) >= 11 is 0. The fraction of sp³-hybridized carbons (Fsp3) is 0.458. The lowest BCUT2D eigenvalue weighted by atomic mass is 10.1. The van der Waals surface area contributed by atoms with Gasteiger partial charge in [0.1, 0.15) is 29.6 Å². The van der Waals surface area contributed by atoms with Crippen LogP contribution in [0.1, 0.15) is 42.2 Å². The number of carbonyl (C=O) groups is 1. The van der Waals surface area contributed by atoms with Crippen molar-refractivity contribution in [3.05, 3.63) is 47.9 Å². The Bertz CT molecular complexity index is 1250. The number of fused-ring (bicyclic) bond motifs is 3. The smallest absolute Gasteiger partial charge is 0.254 e. The minimum absolute atomic E-state index is 0.0338. The van der Waals surface area contributed by atoms with E-state index in [0.717, 1.165) is 28.6 Å². The van der Waals surface area contributed by atoms with Gasteiger partial charge in [0, 0.05) is 31.3 Å². The zero-order chi connectivity index (χ0) is 22.9. The lowest BCUT2D eigenvalue weighted by Crippen LogP contribution is -2.29. The van der Waals surface area contributed by atoms with Crippen molar-refractivity contribution < 1.29 is 19.0 Å². The molecule has 9 heteroatoms. The molecule has 1 aliphatic carbocycles. The van der Waals surface area contributed by atoms with Gasteiger partial charge < -0.3 is 29.4 Å². The lowest BCUT2D eigenvalue weighted by molar-refractivity contribution is -0.161. The summed E-state index contributed by atoms with van der Waals surface area (Å²) in [5, 5.41) is 0.833. The van der Waals surface area contributed by atoms with E-state index in [1.807, 2.05) is 51.4 Å². The van der Waals surface area contributed by atoms with Crippen LogP contribution in [0.25, 0.3) is 11.0 Å². The van der Waals surface area contributed by atoms with Crippen LogP contribution in [0.2, 0.25) is 0 Å². The Morgan fingerprint density at radius 3 is 2.88 bits per heavy atom. The number of aromatic nitrogens is 3. The maximum atomic E-state index is 12.3. The van der Waals surface area contributed by atoms with E-state index in [1.165, 1.54) is 6.33 Å². The summed E-state index contributed by atoms with van der Waals surface area (Å²) < 4.78 is 21.0. The molecule has 4 heterocycles.